The van der Waals surface area contributed by atoms with Crippen molar-refractivity contribution < 1.29 is 9.18 Å². The van der Waals surface area contributed by atoms with Gasteiger partial charge in [-0.3, -0.25) is 4.79 Å². The van der Waals surface area contributed by atoms with Crippen LogP contribution in [0.15, 0.2) is 40.9 Å². The summed E-state index contributed by atoms with van der Waals surface area (Å²) in [6, 6.07) is 10.3. The third kappa shape index (κ3) is 3.01. The molecule has 0 aliphatic carbocycles. The Kier molecular flexibility index (Phi) is 4.00. The van der Waals surface area contributed by atoms with E-state index in [0.29, 0.717) is 11.3 Å². The molecule has 2 aromatic carbocycles. The van der Waals surface area contributed by atoms with Crippen LogP contribution in [0.25, 0.3) is 0 Å². The van der Waals surface area contributed by atoms with Gasteiger partial charge < -0.3 is 5.32 Å². The van der Waals surface area contributed by atoms with Gasteiger partial charge in [0.1, 0.15) is 5.82 Å². The summed E-state index contributed by atoms with van der Waals surface area (Å²) in [6.45, 7) is 3.52. The van der Waals surface area contributed by atoms with Gasteiger partial charge in [0.2, 0.25) is 0 Å². The van der Waals surface area contributed by atoms with E-state index in [9.17, 15) is 9.18 Å². The normalized spacial score (nSPS) is 10.3. The highest BCUT2D eigenvalue weighted by molar-refractivity contribution is 9.10. The molecular weight excluding hydrogens is 309 g/mol. The van der Waals surface area contributed by atoms with Gasteiger partial charge in [-0.1, -0.05) is 28.1 Å². The summed E-state index contributed by atoms with van der Waals surface area (Å²) in [7, 11) is 0. The number of amides is 1. The first kappa shape index (κ1) is 13.7. The molecule has 0 atom stereocenters. The minimum absolute atomic E-state index is 0.0577. The quantitative estimate of drug-likeness (QED) is 0.869. The highest BCUT2D eigenvalue weighted by Crippen LogP contribution is 2.21. The molecule has 1 N–H and O–H groups in total. The van der Waals surface area contributed by atoms with Crippen molar-refractivity contribution >= 4 is 27.5 Å². The fourth-order valence-corrected chi connectivity index (χ4v) is 2.26. The molecule has 0 heterocycles. The van der Waals surface area contributed by atoms with Gasteiger partial charge in [-0.15, -0.1) is 0 Å². The van der Waals surface area contributed by atoms with E-state index in [4.69, 9.17) is 0 Å². The summed E-state index contributed by atoms with van der Waals surface area (Å²) >= 11 is 3.36. The highest BCUT2D eigenvalue weighted by Gasteiger charge is 2.14. The van der Waals surface area contributed by atoms with Gasteiger partial charge in [-0.25, -0.2) is 4.39 Å². The highest BCUT2D eigenvalue weighted by atomic mass is 79.9. The molecule has 0 aliphatic rings. The Morgan fingerprint density at radius 2 is 1.89 bits per heavy atom. The number of benzene rings is 2. The predicted octanol–water partition coefficient (Wildman–Crippen LogP) is 4.46. The largest absolute Gasteiger partial charge is 0.322 e. The molecule has 0 bridgehead atoms. The third-order valence-electron chi connectivity index (χ3n) is 2.87. The van der Waals surface area contributed by atoms with Crippen LogP contribution in [0.2, 0.25) is 0 Å². The van der Waals surface area contributed by atoms with E-state index in [2.05, 4.69) is 21.2 Å². The maximum atomic E-state index is 13.9. The Balaban J connectivity index is 2.28. The van der Waals surface area contributed by atoms with Crippen LogP contribution in [0.4, 0.5) is 10.1 Å². The van der Waals surface area contributed by atoms with Crippen molar-refractivity contribution in [1.29, 1.82) is 0 Å². The molecule has 98 valence electrons. The number of anilines is 1. The smallest absolute Gasteiger partial charge is 0.258 e. The summed E-state index contributed by atoms with van der Waals surface area (Å²) in [5.74, 6) is -0.915. The number of carbonyl (C=O) groups is 1. The second kappa shape index (κ2) is 5.53. The van der Waals surface area contributed by atoms with Crippen molar-refractivity contribution in [3.05, 3.63) is 63.4 Å². The second-order valence-corrected chi connectivity index (χ2v) is 5.27. The SMILES string of the molecule is Cc1cc(Br)ccc1NC(=O)c1cccc(C)c1F. The van der Waals surface area contributed by atoms with Crippen LogP contribution in [-0.4, -0.2) is 5.91 Å². The van der Waals surface area contributed by atoms with Gasteiger partial charge in [-0.2, -0.15) is 0 Å². The monoisotopic (exact) mass is 321 g/mol. The number of carbonyl (C=O) groups excluding carboxylic acids is 1. The molecule has 0 fully saturated rings. The Hall–Kier alpha value is -1.68. The molecule has 0 radical (unpaired) electrons. The molecule has 0 saturated carbocycles. The van der Waals surface area contributed by atoms with Crippen LogP contribution in [0.5, 0.6) is 0 Å². The van der Waals surface area contributed by atoms with Crippen molar-refractivity contribution in [2.45, 2.75) is 13.8 Å². The number of hydrogen-bond acceptors (Lipinski definition) is 1. The first-order valence-corrected chi connectivity index (χ1v) is 6.61. The number of nitrogens with one attached hydrogen (secondary N) is 1. The van der Waals surface area contributed by atoms with E-state index in [1.54, 1.807) is 25.1 Å². The van der Waals surface area contributed by atoms with Gasteiger partial charge in [-0.05, 0) is 49.2 Å². The maximum absolute atomic E-state index is 13.9. The van der Waals surface area contributed by atoms with Gasteiger partial charge in [0.15, 0.2) is 0 Å². The van der Waals surface area contributed by atoms with Gasteiger partial charge in [0.25, 0.3) is 5.91 Å². The number of hydrogen-bond donors (Lipinski definition) is 1. The van der Waals surface area contributed by atoms with Crippen molar-refractivity contribution in [2.75, 3.05) is 5.32 Å². The zero-order valence-corrected chi connectivity index (χ0v) is 12.2. The van der Waals surface area contributed by atoms with Gasteiger partial charge in [0.05, 0.1) is 5.56 Å². The molecule has 0 unspecified atom stereocenters. The molecule has 0 saturated heterocycles. The maximum Gasteiger partial charge on any atom is 0.258 e. The molecule has 2 aromatic rings. The van der Waals surface area contributed by atoms with E-state index in [-0.39, 0.29) is 5.56 Å². The van der Waals surface area contributed by atoms with Gasteiger partial charge in [0, 0.05) is 10.2 Å². The van der Waals surface area contributed by atoms with Crippen molar-refractivity contribution in [1.82, 2.24) is 0 Å². The van der Waals surface area contributed by atoms with E-state index in [0.717, 1.165) is 10.0 Å². The lowest BCUT2D eigenvalue weighted by atomic mass is 10.1. The predicted molar refractivity (Wildman–Crippen MR) is 78.0 cm³/mol. The zero-order valence-electron chi connectivity index (χ0n) is 10.6. The summed E-state index contributed by atoms with van der Waals surface area (Å²) in [5.41, 5.74) is 2.10. The molecule has 0 aromatic heterocycles. The first-order chi connectivity index (χ1) is 8.99. The number of aryl methyl sites for hydroxylation is 2. The van der Waals surface area contributed by atoms with E-state index < -0.39 is 11.7 Å². The van der Waals surface area contributed by atoms with E-state index in [1.807, 2.05) is 19.1 Å². The lowest BCUT2D eigenvalue weighted by Gasteiger charge is -2.10. The van der Waals surface area contributed by atoms with Crippen LogP contribution < -0.4 is 5.32 Å². The fourth-order valence-electron chi connectivity index (χ4n) is 1.78. The molecule has 1 amide bonds. The van der Waals surface area contributed by atoms with Crippen molar-refractivity contribution in [3.8, 4) is 0 Å². The standard InChI is InChI=1S/C15H13BrFNO/c1-9-4-3-5-12(14(9)17)15(19)18-13-7-6-11(16)8-10(13)2/h3-8H,1-2H3,(H,18,19). The Morgan fingerprint density at radius 1 is 1.16 bits per heavy atom. The summed E-state index contributed by atoms with van der Waals surface area (Å²) < 4.78 is 14.8. The average Bonchev–Trinajstić information content (AvgIpc) is 2.36. The molecular formula is C15H13BrFNO. The van der Waals surface area contributed by atoms with Crippen LogP contribution in [0.3, 0.4) is 0 Å². The summed E-state index contributed by atoms with van der Waals surface area (Å²) in [5, 5.41) is 2.72. The topological polar surface area (TPSA) is 29.1 Å². The first-order valence-electron chi connectivity index (χ1n) is 5.81. The zero-order chi connectivity index (χ0) is 14.0. The molecule has 19 heavy (non-hydrogen) atoms. The Morgan fingerprint density at radius 3 is 2.58 bits per heavy atom. The molecule has 2 nitrogen and oxygen atoms in total. The van der Waals surface area contributed by atoms with Crippen molar-refractivity contribution in [2.24, 2.45) is 0 Å². The Bertz CT molecular complexity index is 640. The summed E-state index contributed by atoms with van der Waals surface area (Å²) in [6.07, 6.45) is 0. The second-order valence-electron chi connectivity index (χ2n) is 4.35. The van der Waals surface area contributed by atoms with Crippen molar-refractivity contribution in [3.63, 3.8) is 0 Å². The van der Waals surface area contributed by atoms with E-state index in [1.165, 1.54) is 6.07 Å². The molecule has 2 rings (SSSR count). The number of halogens is 2. The third-order valence-corrected chi connectivity index (χ3v) is 3.37. The summed E-state index contributed by atoms with van der Waals surface area (Å²) in [4.78, 5) is 12.1. The van der Waals surface area contributed by atoms with Crippen LogP contribution in [0, 0.1) is 19.7 Å². The average molecular weight is 322 g/mol. The minimum Gasteiger partial charge on any atom is -0.322 e. The lowest BCUT2D eigenvalue weighted by Crippen LogP contribution is -2.15. The van der Waals surface area contributed by atoms with Crippen LogP contribution in [-0.2, 0) is 0 Å². The Labute approximate surface area is 119 Å². The van der Waals surface area contributed by atoms with Crippen LogP contribution in [0.1, 0.15) is 21.5 Å². The molecule has 0 spiro atoms. The molecule has 0 aliphatic heterocycles. The van der Waals surface area contributed by atoms with E-state index >= 15 is 0 Å². The number of rotatable bonds is 2. The molecule has 4 heteroatoms. The lowest BCUT2D eigenvalue weighted by molar-refractivity contribution is 0.102. The fraction of sp³-hybridized carbons (Fsp3) is 0.133. The minimum atomic E-state index is -0.477. The van der Waals surface area contributed by atoms with Gasteiger partial charge >= 0.3 is 0 Å². The van der Waals surface area contributed by atoms with Crippen LogP contribution >= 0.6 is 15.9 Å².